The summed E-state index contributed by atoms with van der Waals surface area (Å²) in [5, 5.41) is 0. The van der Waals surface area contributed by atoms with E-state index >= 15 is 0 Å². The molecule has 0 aliphatic rings. The van der Waals surface area contributed by atoms with E-state index in [-0.39, 0.29) is 15.7 Å². The lowest BCUT2D eigenvalue weighted by molar-refractivity contribution is -0.275. The summed E-state index contributed by atoms with van der Waals surface area (Å²) in [5.74, 6) is -0.636. The molecule has 1 heterocycles. The number of hydrogen-bond donors (Lipinski definition) is 1. The van der Waals surface area contributed by atoms with Gasteiger partial charge in [-0.1, -0.05) is 0 Å². The molecule has 2 N–H and O–H groups in total. The fraction of sp³-hybridized carbons (Fsp3) is 0.375. The summed E-state index contributed by atoms with van der Waals surface area (Å²) in [5.41, 5.74) is 4.42. The minimum Gasteiger partial charge on any atom is -0.403 e. The van der Waals surface area contributed by atoms with Gasteiger partial charge in [0.2, 0.25) is 0 Å². The molecule has 0 saturated heterocycles. The van der Waals surface area contributed by atoms with Crippen LogP contribution in [0.1, 0.15) is 17.7 Å². The van der Waals surface area contributed by atoms with Crippen LogP contribution in [0.5, 0.6) is 5.75 Å². The molecular formula is C8H6F5IN2O. The number of ether oxygens (including phenoxy) is 1. The summed E-state index contributed by atoms with van der Waals surface area (Å²) in [7, 11) is 0. The van der Waals surface area contributed by atoms with Crippen molar-refractivity contribution in [3.05, 3.63) is 21.0 Å². The third-order valence-electron chi connectivity index (χ3n) is 1.75. The van der Waals surface area contributed by atoms with Crippen LogP contribution in [0.15, 0.2) is 6.20 Å². The van der Waals surface area contributed by atoms with Gasteiger partial charge >= 0.3 is 6.36 Å². The van der Waals surface area contributed by atoms with Gasteiger partial charge < -0.3 is 10.5 Å². The molecule has 0 spiro atoms. The maximum absolute atomic E-state index is 12.5. The zero-order valence-corrected chi connectivity index (χ0v) is 10.2. The van der Waals surface area contributed by atoms with Crippen LogP contribution in [0.2, 0.25) is 0 Å². The van der Waals surface area contributed by atoms with Crippen LogP contribution < -0.4 is 10.5 Å². The highest BCUT2D eigenvalue weighted by Crippen LogP contribution is 2.33. The first kappa shape index (κ1) is 14.4. The number of nitrogens with two attached hydrogens (primary N) is 1. The summed E-state index contributed by atoms with van der Waals surface area (Å²) < 4.78 is 64.4. The third-order valence-corrected chi connectivity index (χ3v) is 2.93. The van der Waals surface area contributed by atoms with Crippen LogP contribution in [0.25, 0.3) is 0 Å². The maximum Gasteiger partial charge on any atom is 0.573 e. The summed E-state index contributed by atoms with van der Waals surface area (Å²) >= 11 is 1.46. The molecular weight excluding hydrogens is 362 g/mol. The van der Waals surface area contributed by atoms with Crippen molar-refractivity contribution in [2.75, 3.05) is 0 Å². The van der Waals surface area contributed by atoms with Gasteiger partial charge in [-0.2, -0.15) is 0 Å². The van der Waals surface area contributed by atoms with Crippen LogP contribution in [0.4, 0.5) is 22.0 Å². The molecule has 0 unspecified atom stereocenters. The van der Waals surface area contributed by atoms with Crippen molar-refractivity contribution in [2.45, 2.75) is 19.3 Å². The van der Waals surface area contributed by atoms with Crippen molar-refractivity contribution >= 4 is 22.6 Å². The Morgan fingerprint density at radius 1 is 1.41 bits per heavy atom. The first-order chi connectivity index (χ1) is 7.76. The van der Waals surface area contributed by atoms with Crippen LogP contribution >= 0.6 is 22.6 Å². The van der Waals surface area contributed by atoms with Gasteiger partial charge in [-0.25, -0.2) is 8.78 Å². The van der Waals surface area contributed by atoms with Crippen molar-refractivity contribution < 1.29 is 26.7 Å². The SMILES string of the molecule is NCc1c(C(F)F)ncc(OC(F)(F)F)c1I. The molecule has 1 aromatic rings. The van der Waals surface area contributed by atoms with E-state index in [1.54, 1.807) is 0 Å². The van der Waals surface area contributed by atoms with Crippen LogP contribution in [0.3, 0.4) is 0 Å². The van der Waals surface area contributed by atoms with Crippen molar-refractivity contribution in [3.63, 3.8) is 0 Å². The number of alkyl halides is 5. The normalized spacial score (nSPS) is 12.0. The number of halogens is 6. The average Bonchev–Trinajstić information content (AvgIpc) is 2.18. The monoisotopic (exact) mass is 368 g/mol. The Hall–Kier alpha value is -0.710. The predicted octanol–water partition coefficient (Wildman–Crippen LogP) is 2.98. The average molecular weight is 368 g/mol. The molecule has 96 valence electrons. The lowest BCUT2D eigenvalue weighted by Crippen LogP contribution is -2.19. The molecule has 0 saturated carbocycles. The van der Waals surface area contributed by atoms with E-state index in [9.17, 15) is 22.0 Å². The van der Waals surface area contributed by atoms with E-state index in [0.29, 0.717) is 6.20 Å². The maximum atomic E-state index is 12.5. The lowest BCUT2D eigenvalue weighted by Gasteiger charge is -2.14. The van der Waals surface area contributed by atoms with Crippen LogP contribution in [0, 0.1) is 3.57 Å². The van der Waals surface area contributed by atoms with Gasteiger partial charge in [0.1, 0.15) is 5.69 Å². The second kappa shape index (κ2) is 5.29. The molecule has 0 bridgehead atoms. The largest absolute Gasteiger partial charge is 0.573 e. The van der Waals surface area contributed by atoms with Gasteiger partial charge in [-0.15, -0.1) is 13.2 Å². The van der Waals surface area contributed by atoms with Crippen molar-refractivity contribution in [1.29, 1.82) is 0 Å². The molecule has 0 fully saturated rings. The lowest BCUT2D eigenvalue weighted by atomic mass is 10.2. The number of aromatic nitrogens is 1. The number of pyridine rings is 1. The fourth-order valence-corrected chi connectivity index (χ4v) is 1.85. The number of nitrogens with zero attached hydrogens (tertiary/aromatic N) is 1. The van der Waals surface area contributed by atoms with E-state index in [2.05, 4.69) is 9.72 Å². The molecule has 0 amide bonds. The Bertz CT molecular complexity index is 410. The first-order valence-electron chi connectivity index (χ1n) is 4.17. The highest BCUT2D eigenvalue weighted by Gasteiger charge is 2.33. The smallest absolute Gasteiger partial charge is 0.403 e. The second-order valence-electron chi connectivity index (χ2n) is 2.85. The Morgan fingerprint density at radius 2 is 2.00 bits per heavy atom. The van der Waals surface area contributed by atoms with Gasteiger partial charge in [-0.3, -0.25) is 4.98 Å². The minimum atomic E-state index is -4.90. The molecule has 0 aliphatic heterocycles. The summed E-state index contributed by atoms with van der Waals surface area (Å²) in [4.78, 5) is 3.23. The quantitative estimate of drug-likeness (QED) is 0.659. The predicted molar refractivity (Wildman–Crippen MR) is 56.5 cm³/mol. The zero-order valence-electron chi connectivity index (χ0n) is 8.06. The Labute approximate surface area is 106 Å². The van der Waals surface area contributed by atoms with E-state index in [0.717, 1.165) is 0 Å². The van der Waals surface area contributed by atoms with Gasteiger partial charge in [-0.05, 0) is 22.6 Å². The second-order valence-corrected chi connectivity index (χ2v) is 3.93. The molecule has 17 heavy (non-hydrogen) atoms. The summed E-state index contributed by atoms with van der Waals surface area (Å²) in [6, 6.07) is 0. The van der Waals surface area contributed by atoms with Crippen molar-refractivity contribution in [1.82, 2.24) is 4.98 Å². The molecule has 0 aromatic carbocycles. The third kappa shape index (κ3) is 3.63. The van der Waals surface area contributed by atoms with E-state index in [1.165, 1.54) is 22.6 Å². The van der Waals surface area contributed by atoms with Crippen molar-refractivity contribution in [3.8, 4) is 5.75 Å². The highest BCUT2D eigenvalue weighted by molar-refractivity contribution is 14.1. The molecule has 0 aliphatic carbocycles. The molecule has 1 rings (SSSR count). The minimum absolute atomic E-state index is 0.118. The molecule has 0 atom stereocenters. The molecule has 9 heteroatoms. The molecule has 1 aromatic heterocycles. The van der Waals surface area contributed by atoms with Gasteiger partial charge in [0.05, 0.1) is 9.77 Å². The number of hydrogen-bond acceptors (Lipinski definition) is 3. The Kier molecular flexibility index (Phi) is 4.47. The highest BCUT2D eigenvalue weighted by atomic mass is 127. The van der Waals surface area contributed by atoms with Gasteiger partial charge in [0.25, 0.3) is 6.43 Å². The molecule has 0 radical (unpaired) electrons. The standard InChI is InChI=1S/C8H6F5IN2O/c9-7(10)6-3(1-15)5(14)4(2-16-6)17-8(11,12)13/h2,7H,1,15H2. The van der Waals surface area contributed by atoms with Crippen LogP contribution in [-0.4, -0.2) is 11.3 Å². The zero-order chi connectivity index (χ0) is 13.2. The number of rotatable bonds is 3. The van der Waals surface area contributed by atoms with Gasteiger partial charge in [0.15, 0.2) is 5.75 Å². The topological polar surface area (TPSA) is 48.1 Å². The van der Waals surface area contributed by atoms with Crippen molar-refractivity contribution in [2.24, 2.45) is 5.73 Å². The van der Waals surface area contributed by atoms with Gasteiger partial charge in [0, 0.05) is 12.1 Å². The Balaban J connectivity index is 3.20. The van der Waals surface area contributed by atoms with E-state index in [4.69, 9.17) is 5.73 Å². The Morgan fingerprint density at radius 3 is 2.41 bits per heavy atom. The fourth-order valence-electron chi connectivity index (χ4n) is 1.10. The summed E-state index contributed by atoms with van der Waals surface area (Å²) in [6.45, 7) is -0.347. The van der Waals surface area contributed by atoms with Crippen LogP contribution in [-0.2, 0) is 6.54 Å². The van der Waals surface area contributed by atoms with E-state index < -0.39 is 24.2 Å². The van der Waals surface area contributed by atoms with E-state index in [1.807, 2.05) is 0 Å². The molecule has 3 nitrogen and oxygen atoms in total. The first-order valence-corrected chi connectivity index (χ1v) is 5.25. The summed E-state index contributed by atoms with van der Waals surface area (Å²) in [6.07, 6.45) is -7.20.